The molecule has 0 bridgehead atoms. The number of methoxy groups -OCH3 is 1. The largest absolute Gasteiger partial charge is 0.481 e. The van der Waals surface area contributed by atoms with Gasteiger partial charge in [0.1, 0.15) is 0 Å². The predicted octanol–water partition coefficient (Wildman–Crippen LogP) is 4.37. The number of aromatic amines is 1. The van der Waals surface area contributed by atoms with Crippen LogP contribution in [0.25, 0.3) is 11.3 Å². The lowest BCUT2D eigenvalue weighted by atomic mass is 9.95. The number of carbonyl (C=O) groups excluding carboxylic acids is 2. The van der Waals surface area contributed by atoms with Gasteiger partial charge in [0, 0.05) is 36.8 Å². The summed E-state index contributed by atoms with van der Waals surface area (Å²) in [6.07, 6.45) is -1.61. The number of carbonyl (C=O) groups is 2. The molecular weight excluding hydrogens is 536 g/mol. The number of aromatic nitrogens is 4. The van der Waals surface area contributed by atoms with Gasteiger partial charge in [-0.25, -0.2) is 4.98 Å². The Hall–Kier alpha value is -3.38. The summed E-state index contributed by atoms with van der Waals surface area (Å²) in [5.41, 5.74) is 0.485. The lowest BCUT2D eigenvalue weighted by Gasteiger charge is -2.30. The zero-order valence-electron chi connectivity index (χ0n) is 19.4. The molecule has 0 unspecified atom stereocenters. The molecule has 37 heavy (non-hydrogen) atoms. The summed E-state index contributed by atoms with van der Waals surface area (Å²) in [7, 11) is 1.48. The monoisotopic (exact) mass is 556 g/mol. The third-order valence-electron chi connectivity index (χ3n) is 5.95. The number of ether oxygens (including phenoxy) is 1. The van der Waals surface area contributed by atoms with Crippen LogP contribution >= 0.6 is 23.2 Å². The van der Waals surface area contributed by atoms with E-state index in [4.69, 9.17) is 27.9 Å². The van der Waals surface area contributed by atoms with Crippen molar-refractivity contribution in [2.75, 3.05) is 20.2 Å². The van der Waals surface area contributed by atoms with Gasteiger partial charge in [0.05, 0.1) is 46.8 Å². The third kappa shape index (κ3) is 6.13. The zero-order valence-corrected chi connectivity index (χ0v) is 20.9. The lowest BCUT2D eigenvalue weighted by Crippen LogP contribution is -2.43. The van der Waals surface area contributed by atoms with Crippen molar-refractivity contribution in [2.24, 2.45) is 5.92 Å². The Morgan fingerprint density at radius 2 is 1.86 bits per heavy atom. The van der Waals surface area contributed by atoms with Gasteiger partial charge in [-0.05, 0) is 25.0 Å². The quantitative estimate of drug-likeness (QED) is 0.466. The van der Waals surface area contributed by atoms with E-state index in [-0.39, 0.29) is 40.7 Å². The molecule has 1 aliphatic heterocycles. The normalized spacial score (nSPS) is 14.5. The fourth-order valence-electron chi connectivity index (χ4n) is 3.88. The fourth-order valence-corrected chi connectivity index (χ4v) is 4.32. The minimum Gasteiger partial charge on any atom is -0.481 e. The highest BCUT2D eigenvalue weighted by Gasteiger charge is 2.32. The van der Waals surface area contributed by atoms with Gasteiger partial charge in [-0.1, -0.05) is 23.2 Å². The number of nitrogens with one attached hydrogen (secondary N) is 2. The average Bonchev–Trinajstić information content (AvgIpc) is 3.37. The lowest BCUT2D eigenvalue weighted by molar-refractivity contribution is -0.137. The Bertz CT molecular complexity index is 1310. The molecular formula is C23H21Cl2F3N6O3. The first kappa shape index (κ1) is 26.7. The van der Waals surface area contributed by atoms with Gasteiger partial charge in [-0.2, -0.15) is 18.3 Å². The van der Waals surface area contributed by atoms with Crippen molar-refractivity contribution in [3.8, 4) is 17.1 Å². The first-order chi connectivity index (χ1) is 17.6. The molecule has 9 nitrogen and oxygen atoms in total. The minimum atomic E-state index is -4.55. The van der Waals surface area contributed by atoms with Crippen molar-refractivity contribution in [3.05, 3.63) is 57.6 Å². The number of halogens is 5. The Kier molecular flexibility index (Phi) is 7.88. The molecule has 0 radical (unpaired) electrons. The molecule has 2 N–H and O–H groups in total. The van der Waals surface area contributed by atoms with E-state index in [0.29, 0.717) is 54.3 Å². The van der Waals surface area contributed by atoms with Crippen molar-refractivity contribution >= 4 is 35.0 Å². The van der Waals surface area contributed by atoms with Gasteiger partial charge in [0.2, 0.25) is 11.8 Å². The summed E-state index contributed by atoms with van der Waals surface area (Å²) < 4.78 is 43.4. The van der Waals surface area contributed by atoms with Gasteiger partial charge in [-0.15, -0.1) is 0 Å². The van der Waals surface area contributed by atoms with Gasteiger partial charge in [-0.3, -0.25) is 19.7 Å². The van der Waals surface area contributed by atoms with Crippen LogP contribution in [-0.4, -0.2) is 57.1 Å². The summed E-state index contributed by atoms with van der Waals surface area (Å²) in [6.45, 7) is 0.567. The molecule has 3 aromatic heterocycles. The highest BCUT2D eigenvalue weighted by Crippen LogP contribution is 2.31. The number of hydrogen-bond acceptors (Lipinski definition) is 6. The van der Waals surface area contributed by atoms with Gasteiger partial charge in [0.25, 0.3) is 5.91 Å². The number of amides is 2. The van der Waals surface area contributed by atoms with Crippen LogP contribution in [0.2, 0.25) is 10.0 Å². The van der Waals surface area contributed by atoms with E-state index < -0.39 is 11.7 Å². The molecule has 3 aromatic rings. The van der Waals surface area contributed by atoms with E-state index in [1.165, 1.54) is 13.3 Å². The van der Waals surface area contributed by atoms with Gasteiger partial charge >= 0.3 is 6.18 Å². The molecule has 0 aromatic carbocycles. The van der Waals surface area contributed by atoms with E-state index in [2.05, 4.69) is 25.5 Å². The molecule has 1 fully saturated rings. The molecule has 0 atom stereocenters. The van der Waals surface area contributed by atoms with Crippen LogP contribution in [0.5, 0.6) is 5.88 Å². The standard InChI is InChI=1S/C23H21Cl2F3N6O3/c1-37-20-7-14(16(25)10-30-20)17-8-18(33-32-17)22(36)34-4-2-12(3-5-34)21(35)31-11-19-15(24)6-13(9-29-19)23(26,27)28/h6-10,12H,2-5,11H2,1H3,(H,31,35)(H,32,33). The number of rotatable bonds is 6. The second-order valence-electron chi connectivity index (χ2n) is 8.31. The SMILES string of the molecule is COc1cc(-c2cc(C(=O)N3CCC(C(=O)NCc4ncc(C(F)(F)F)cc4Cl)CC3)n[nH]2)c(Cl)cn1. The first-order valence-corrected chi connectivity index (χ1v) is 11.9. The highest BCUT2D eigenvalue weighted by atomic mass is 35.5. The van der Waals surface area contributed by atoms with Crippen molar-refractivity contribution in [3.63, 3.8) is 0 Å². The summed E-state index contributed by atoms with van der Waals surface area (Å²) in [6, 6.07) is 3.99. The summed E-state index contributed by atoms with van der Waals surface area (Å²) in [4.78, 5) is 34.9. The van der Waals surface area contributed by atoms with Gasteiger partial charge in [0.15, 0.2) is 5.69 Å². The number of pyridine rings is 2. The minimum absolute atomic E-state index is 0.104. The van der Waals surface area contributed by atoms with Crippen LogP contribution in [-0.2, 0) is 17.5 Å². The Morgan fingerprint density at radius 3 is 2.51 bits per heavy atom. The number of hydrogen-bond donors (Lipinski definition) is 2. The third-order valence-corrected chi connectivity index (χ3v) is 6.58. The van der Waals surface area contributed by atoms with Crippen molar-refractivity contribution in [1.29, 1.82) is 0 Å². The molecule has 0 spiro atoms. The van der Waals surface area contributed by atoms with E-state index >= 15 is 0 Å². The Balaban J connectivity index is 1.31. The Morgan fingerprint density at radius 1 is 1.14 bits per heavy atom. The molecule has 4 heterocycles. The number of alkyl halides is 3. The molecule has 1 aliphatic rings. The maximum absolute atomic E-state index is 12.9. The number of H-pyrrole nitrogens is 1. The molecule has 1 saturated heterocycles. The van der Waals surface area contributed by atoms with E-state index in [1.54, 1.807) is 17.0 Å². The van der Waals surface area contributed by atoms with Crippen molar-refractivity contribution < 1.29 is 27.5 Å². The molecule has 0 aliphatic carbocycles. The van der Waals surface area contributed by atoms with Gasteiger partial charge < -0.3 is 15.0 Å². The number of likely N-dealkylation sites (tertiary alicyclic amines) is 1. The van der Waals surface area contributed by atoms with Crippen LogP contribution in [0.3, 0.4) is 0 Å². The van der Waals surface area contributed by atoms with Crippen molar-refractivity contribution in [2.45, 2.75) is 25.6 Å². The van der Waals surface area contributed by atoms with E-state index in [0.717, 1.165) is 6.07 Å². The predicted molar refractivity (Wildman–Crippen MR) is 128 cm³/mol. The Labute approximate surface area is 219 Å². The molecule has 196 valence electrons. The maximum Gasteiger partial charge on any atom is 0.417 e. The van der Waals surface area contributed by atoms with Crippen molar-refractivity contribution in [1.82, 2.24) is 30.4 Å². The number of nitrogens with zero attached hydrogens (tertiary/aromatic N) is 4. The van der Waals surface area contributed by atoms with E-state index in [1.807, 2.05) is 0 Å². The summed E-state index contributed by atoms with van der Waals surface area (Å²) in [5.74, 6) is -0.582. The molecule has 14 heteroatoms. The van der Waals surface area contributed by atoms with Crippen LogP contribution in [0.15, 0.2) is 30.6 Å². The zero-order chi connectivity index (χ0) is 26.7. The van der Waals surface area contributed by atoms with Crippen LogP contribution < -0.4 is 10.1 Å². The second-order valence-corrected chi connectivity index (χ2v) is 9.12. The molecule has 2 amide bonds. The maximum atomic E-state index is 12.9. The fraction of sp³-hybridized carbons (Fsp3) is 0.348. The highest BCUT2D eigenvalue weighted by molar-refractivity contribution is 6.33. The van der Waals surface area contributed by atoms with Crippen LogP contribution in [0.4, 0.5) is 13.2 Å². The van der Waals surface area contributed by atoms with E-state index in [9.17, 15) is 22.8 Å². The second kappa shape index (κ2) is 10.9. The summed E-state index contributed by atoms with van der Waals surface area (Å²) in [5, 5.41) is 9.75. The summed E-state index contributed by atoms with van der Waals surface area (Å²) >= 11 is 12.1. The topological polar surface area (TPSA) is 113 Å². The average molecular weight is 557 g/mol. The van der Waals surface area contributed by atoms with Crippen LogP contribution in [0, 0.1) is 5.92 Å². The first-order valence-electron chi connectivity index (χ1n) is 11.1. The number of piperidine rings is 1. The molecule has 0 saturated carbocycles. The smallest absolute Gasteiger partial charge is 0.417 e. The molecule has 4 rings (SSSR count). The van der Waals surface area contributed by atoms with Crippen LogP contribution in [0.1, 0.15) is 34.6 Å².